The van der Waals surface area contributed by atoms with Gasteiger partial charge in [-0.1, -0.05) is 6.92 Å². The van der Waals surface area contributed by atoms with Gasteiger partial charge in [-0.3, -0.25) is 14.5 Å². The van der Waals surface area contributed by atoms with Crippen molar-refractivity contribution >= 4 is 5.91 Å². The van der Waals surface area contributed by atoms with E-state index in [1.807, 2.05) is 0 Å². The summed E-state index contributed by atoms with van der Waals surface area (Å²) in [5.41, 5.74) is -0.213. The molecule has 1 aliphatic heterocycles. The fourth-order valence-electron chi connectivity index (χ4n) is 2.40. The summed E-state index contributed by atoms with van der Waals surface area (Å²) in [5.74, 6) is -0.279. The van der Waals surface area contributed by atoms with Gasteiger partial charge >= 0.3 is 0 Å². The van der Waals surface area contributed by atoms with Crippen LogP contribution in [0.2, 0.25) is 0 Å². The first-order valence-corrected chi connectivity index (χ1v) is 7.22. The summed E-state index contributed by atoms with van der Waals surface area (Å²) in [7, 11) is 0. The smallest absolute Gasteiger partial charge is 0.271 e. The Hall–Kier alpha value is -1.73. The molecule has 0 spiro atoms. The first kappa shape index (κ1) is 15.7. The Morgan fingerprint density at radius 2 is 2.19 bits per heavy atom. The molecule has 0 aliphatic carbocycles. The highest BCUT2D eigenvalue weighted by Gasteiger charge is 2.31. The second kappa shape index (κ2) is 6.82. The van der Waals surface area contributed by atoms with Gasteiger partial charge in [-0.15, -0.1) is 0 Å². The van der Waals surface area contributed by atoms with Gasteiger partial charge in [0.1, 0.15) is 5.69 Å². The summed E-state index contributed by atoms with van der Waals surface area (Å²) < 4.78 is 5.37. The van der Waals surface area contributed by atoms with Gasteiger partial charge in [0.05, 0.1) is 13.2 Å². The SMILES string of the molecule is CC[C@](C)(CNC(=O)c1ccc(=O)[nH]n1)N1CCOCC1. The van der Waals surface area contributed by atoms with Crippen LogP contribution in [0.25, 0.3) is 0 Å². The van der Waals surface area contributed by atoms with Crippen molar-refractivity contribution in [3.63, 3.8) is 0 Å². The van der Waals surface area contributed by atoms with E-state index >= 15 is 0 Å². The number of rotatable bonds is 5. The molecule has 1 amide bonds. The van der Waals surface area contributed by atoms with Gasteiger partial charge in [-0.25, -0.2) is 5.10 Å². The third-order valence-electron chi connectivity index (χ3n) is 4.08. The highest BCUT2D eigenvalue weighted by atomic mass is 16.5. The Bertz CT molecular complexity index is 519. The van der Waals surface area contributed by atoms with Gasteiger partial charge in [-0.05, 0) is 19.4 Å². The number of aromatic amines is 1. The maximum atomic E-state index is 12.1. The molecule has 7 nitrogen and oxygen atoms in total. The zero-order chi connectivity index (χ0) is 15.3. The normalized spacial score (nSPS) is 19.0. The van der Waals surface area contributed by atoms with Crippen LogP contribution in [0.5, 0.6) is 0 Å². The number of carbonyl (C=O) groups excluding carboxylic acids is 1. The molecular formula is C14H22N4O3. The Morgan fingerprint density at radius 3 is 2.76 bits per heavy atom. The van der Waals surface area contributed by atoms with E-state index in [0.29, 0.717) is 6.54 Å². The average Bonchev–Trinajstić information content (AvgIpc) is 2.54. The Kier molecular flexibility index (Phi) is 5.08. The highest BCUT2D eigenvalue weighted by Crippen LogP contribution is 2.20. The average molecular weight is 294 g/mol. The van der Waals surface area contributed by atoms with Crippen LogP contribution < -0.4 is 10.9 Å². The van der Waals surface area contributed by atoms with Crippen LogP contribution in [0.4, 0.5) is 0 Å². The number of ether oxygens (including phenoxy) is 1. The van der Waals surface area contributed by atoms with Crippen LogP contribution >= 0.6 is 0 Å². The second-order valence-corrected chi connectivity index (χ2v) is 5.44. The summed E-state index contributed by atoms with van der Waals surface area (Å²) >= 11 is 0. The molecule has 0 bridgehead atoms. The molecule has 2 N–H and O–H groups in total. The maximum absolute atomic E-state index is 12.1. The maximum Gasteiger partial charge on any atom is 0.271 e. The Morgan fingerprint density at radius 1 is 1.48 bits per heavy atom. The molecule has 0 radical (unpaired) electrons. The molecule has 0 saturated carbocycles. The van der Waals surface area contributed by atoms with E-state index in [-0.39, 0.29) is 22.7 Å². The van der Waals surface area contributed by atoms with Gasteiger partial charge < -0.3 is 10.1 Å². The molecular weight excluding hydrogens is 272 g/mol. The topological polar surface area (TPSA) is 87.3 Å². The van der Waals surface area contributed by atoms with E-state index in [2.05, 4.69) is 34.3 Å². The van der Waals surface area contributed by atoms with Crippen LogP contribution in [-0.4, -0.2) is 59.4 Å². The second-order valence-electron chi connectivity index (χ2n) is 5.44. The van der Waals surface area contributed by atoms with Crippen LogP contribution in [0.1, 0.15) is 30.8 Å². The Labute approximate surface area is 123 Å². The van der Waals surface area contributed by atoms with E-state index in [1.54, 1.807) is 0 Å². The fraction of sp³-hybridized carbons (Fsp3) is 0.643. The van der Waals surface area contributed by atoms with Crippen LogP contribution in [0, 0.1) is 0 Å². The van der Waals surface area contributed by atoms with Crippen molar-refractivity contribution in [1.29, 1.82) is 0 Å². The van der Waals surface area contributed by atoms with E-state index in [4.69, 9.17) is 4.74 Å². The van der Waals surface area contributed by atoms with E-state index in [1.165, 1.54) is 12.1 Å². The molecule has 1 aromatic rings. The monoisotopic (exact) mass is 294 g/mol. The predicted molar refractivity (Wildman–Crippen MR) is 78.3 cm³/mol. The summed E-state index contributed by atoms with van der Waals surface area (Å²) in [6.07, 6.45) is 0.923. The van der Waals surface area contributed by atoms with Gasteiger partial charge in [0.15, 0.2) is 0 Å². The van der Waals surface area contributed by atoms with Crippen LogP contribution in [0.15, 0.2) is 16.9 Å². The zero-order valence-corrected chi connectivity index (χ0v) is 12.5. The van der Waals surface area contributed by atoms with E-state index in [9.17, 15) is 9.59 Å². The lowest BCUT2D eigenvalue weighted by Crippen LogP contribution is -2.56. The van der Waals surface area contributed by atoms with Crippen molar-refractivity contribution < 1.29 is 9.53 Å². The lowest BCUT2D eigenvalue weighted by atomic mass is 9.95. The lowest BCUT2D eigenvalue weighted by molar-refractivity contribution is -0.0169. The minimum Gasteiger partial charge on any atom is -0.379 e. The summed E-state index contributed by atoms with van der Waals surface area (Å²) in [6.45, 7) is 7.98. The number of aromatic nitrogens is 2. The number of carbonyl (C=O) groups is 1. The third kappa shape index (κ3) is 3.89. The minimum absolute atomic E-state index is 0.109. The molecule has 1 aromatic heterocycles. The highest BCUT2D eigenvalue weighted by molar-refractivity contribution is 5.92. The lowest BCUT2D eigenvalue weighted by Gasteiger charge is -2.43. The molecule has 7 heteroatoms. The summed E-state index contributed by atoms with van der Waals surface area (Å²) in [6, 6.07) is 2.72. The number of amides is 1. The van der Waals surface area contributed by atoms with Crippen molar-refractivity contribution in [1.82, 2.24) is 20.4 Å². The van der Waals surface area contributed by atoms with Crippen molar-refractivity contribution in [2.24, 2.45) is 0 Å². The molecule has 1 aliphatic rings. The van der Waals surface area contributed by atoms with Crippen molar-refractivity contribution in [3.8, 4) is 0 Å². The number of nitrogens with one attached hydrogen (secondary N) is 2. The molecule has 1 fully saturated rings. The molecule has 0 unspecified atom stereocenters. The van der Waals surface area contributed by atoms with Crippen LogP contribution in [-0.2, 0) is 4.74 Å². The number of hydrogen-bond acceptors (Lipinski definition) is 5. The predicted octanol–water partition coefficient (Wildman–Crippen LogP) is 0.000600. The molecule has 1 saturated heterocycles. The number of hydrogen-bond donors (Lipinski definition) is 2. The third-order valence-corrected chi connectivity index (χ3v) is 4.08. The molecule has 2 heterocycles. The molecule has 1 atom stereocenters. The van der Waals surface area contributed by atoms with Crippen LogP contribution in [0.3, 0.4) is 0 Å². The van der Waals surface area contributed by atoms with Gasteiger partial charge in [0.2, 0.25) is 0 Å². The quantitative estimate of drug-likeness (QED) is 0.798. The number of nitrogens with zero attached hydrogens (tertiary/aromatic N) is 2. The molecule has 116 valence electrons. The van der Waals surface area contributed by atoms with Gasteiger partial charge in [0.25, 0.3) is 11.5 Å². The van der Waals surface area contributed by atoms with Crippen molar-refractivity contribution in [3.05, 3.63) is 28.2 Å². The van der Waals surface area contributed by atoms with Crippen molar-refractivity contribution in [2.75, 3.05) is 32.8 Å². The molecule has 2 rings (SSSR count). The van der Waals surface area contributed by atoms with E-state index < -0.39 is 0 Å². The largest absolute Gasteiger partial charge is 0.379 e. The number of H-pyrrole nitrogens is 1. The summed E-state index contributed by atoms with van der Waals surface area (Å²) in [5, 5.41) is 8.90. The standard InChI is InChI=1S/C14H22N4O3/c1-3-14(2,18-6-8-21-9-7-18)10-15-13(20)11-4-5-12(19)17-16-11/h4-5H,3,6-10H2,1-2H3,(H,15,20)(H,17,19)/t14-/m1/s1. The summed E-state index contributed by atoms with van der Waals surface area (Å²) in [4.78, 5) is 25.4. The minimum atomic E-state index is -0.321. The number of morpholine rings is 1. The van der Waals surface area contributed by atoms with Gasteiger partial charge in [0, 0.05) is 31.2 Å². The molecule has 21 heavy (non-hydrogen) atoms. The fourth-order valence-corrected chi connectivity index (χ4v) is 2.40. The van der Waals surface area contributed by atoms with Gasteiger partial charge in [-0.2, -0.15) is 5.10 Å². The first-order chi connectivity index (χ1) is 10.0. The first-order valence-electron chi connectivity index (χ1n) is 7.22. The Balaban J connectivity index is 1.97. The molecule has 0 aromatic carbocycles. The van der Waals surface area contributed by atoms with E-state index in [0.717, 1.165) is 32.7 Å². The zero-order valence-electron chi connectivity index (χ0n) is 12.5. The van der Waals surface area contributed by atoms with Crippen molar-refractivity contribution in [2.45, 2.75) is 25.8 Å².